The molecule has 2 N–H and O–H groups in total. The van der Waals surface area contributed by atoms with Crippen molar-refractivity contribution in [2.75, 3.05) is 19.7 Å². The monoisotopic (exact) mass is 341 g/mol. The number of carbonyl (C=O) groups is 1. The van der Waals surface area contributed by atoms with Crippen molar-refractivity contribution < 1.29 is 14.1 Å². The zero-order valence-electron chi connectivity index (χ0n) is 13.7. The first-order chi connectivity index (χ1) is 12.2. The normalized spacial score (nSPS) is 17.3. The summed E-state index contributed by atoms with van der Waals surface area (Å²) in [5.41, 5.74) is 5.77. The molecule has 1 amide bonds. The third kappa shape index (κ3) is 4.14. The van der Waals surface area contributed by atoms with Crippen molar-refractivity contribution in [1.82, 2.24) is 15.0 Å². The van der Waals surface area contributed by atoms with Crippen molar-refractivity contribution in [2.45, 2.75) is 25.3 Å². The van der Waals surface area contributed by atoms with E-state index in [1.807, 2.05) is 0 Å². The predicted molar refractivity (Wildman–Crippen MR) is 87.6 cm³/mol. The molecule has 1 aliphatic heterocycles. The Bertz CT molecular complexity index is 765. The lowest BCUT2D eigenvalue weighted by atomic mass is 10.2. The fourth-order valence-electron chi connectivity index (χ4n) is 2.93. The summed E-state index contributed by atoms with van der Waals surface area (Å²) in [5, 5.41) is 12.4. The molecule has 25 heavy (non-hydrogen) atoms. The zero-order valence-corrected chi connectivity index (χ0v) is 13.7. The van der Waals surface area contributed by atoms with Gasteiger partial charge in [0.2, 0.25) is 5.89 Å². The van der Waals surface area contributed by atoms with E-state index in [1.165, 1.54) is 0 Å². The number of primary amides is 1. The lowest BCUT2D eigenvalue weighted by molar-refractivity contribution is 0.0987. The van der Waals surface area contributed by atoms with Crippen LogP contribution in [0.1, 0.15) is 47.4 Å². The van der Waals surface area contributed by atoms with Crippen LogP contribution in [0, 0.1) is 11.3 Å². The first-order valence-corrected chi connectivity index (χ1v) is 8.18. The van der Waals surface area contributed by atoms with Gasteiger partial charge in [0.1, 0.15) is 5.75 Å². The largest absolute Gasteiger partial charge is 0.494 e. The van der Waals surface area contributed by atoms with Gasteiger partial charge in [0, 0.05) is 6.54 Å². The molecule has 1 fully saturated rings. The number of carbonyl (C=O) groups excluding carboxylic acids is 1. The molecule has 1 atom stereocenters. The average Bonchev–Trinajstić information content (AvgIpc) is 3.28. The summed E-state index contributed by atoms with van der Waals surface area (Å²) in [7, 11) is 0. The summed E-state index contributed by atoms with van der Waals surface area (Å²) < 4.78 is 10.9. The van der Waals surface area contributed by atoms with Crippen molar-refractivity contribution in [3.8, 4) is 11.8 Å². The second-order valence-corrected chi connectivity index (χ2v) is 5.85. The number of rotatable bonds is 7. The third-order valence-corrected chi connectivity index (χ3v) is 4.15. The number of amides is 1. The maximum Gasteiger partial charge on any atom is 0.290 e. The van der Waals surface area contributed by atoms with Gasteiger partial charge in [-0.1, -0.05) is 5.16 Å². The summed E-state index contributed by atoms with van der Waals surface area (Å²) in [6, 6.07) is 9.15. The molecule has 1 aromatic heterocycles. The molecule has 2 aromatic rings. The van der Waals surface area contributed by atoms with Gasteiger partial charge in [-0.25, -0.2) is 0 Å². The summed E-state index contributed by atoms with van der Waals surface area (Å²) in [6.07, 6.45) is 2.79. The molecular formula is C17H19N5O3. The highest BCUT2D eigenvalue weighted by Gasteiger charge is 2.30. The van der Waals surface area contributed by atoms with Gasteiger partial charge >= 0.3 is 0 Å². The van der Waals surface area contributed by atoms with Crippen LogP contribution in [0.4, 0.5) is 0 Å². The van der Waals surface area contributed by atoms with Gasteiger partial charge in [-0.2, -0.15) is 10.2 Å². The lowest BCUT2D eigenvalue weighted by Crippen LogP contribution is -2.26. The Morgan fingerprint density at radius 1 is 1.44 bits per heavy atom. The predicted octanol–water partition coefficient (Wildman–Crippen LogP) is 1.65. The van der Waals surface area contributed by atoms with Gasteiger partial charge in [-0.05, 0) is 50.1 Å². The van der Waals surface area contributed by atoms with Crippen molar-refractivity contribution in [1.29, 1.82) is 5.26 Å². The molecule has 8 nitrogen and oxygen atoms in total. The molecule has 3 rings (SSSR count). The second-order valence-electron chi connectivity index (χ2n) is 5.85. The highest BCUT2D eigenvalue weighted by atomic mass is 16.5. The molecule has 2 heterocycles. The minimum Gasteiger partial charge on any atom is -0.494 e. The maximum absolute atomic E-state index is 11.1. The van der Waals surface area contributed by atoms with Crippen LogP contribution in [0.15, 0.2) is 28.8 Å². The number of nitrogens with zero attached hydrogens (tertiary/aromatic N) is 4. The average molecular weight is 341 g/mol. The third-order valence-electron chi connectivity index (χ3n) is 4.15. The van der Waals surface area contributed by atoms with Gasteiger partial charge in [0.05, 0.1) is 24.3 Å². The van der Waals surface area contributed by atoms with Gasteiger partial charge in [-0.15, -0.1) is 0 Å². The Hall–Kier alpha value is -2.92. The Balaban J connectivity index is 1.48. The molecule has 1 aliphatic rings. The molecule has 1 aromatic carbocycles. The highest BCUT2D eigenvalue weighted by Crippen LogP contribution is 2.30. The first-order valence-electron chi connectivity index (χ1n) is 8.18. The number of nitrogens with two attached hydrogens (primary N) is 1. The van der Waals surface area contributed by atoms with Gasteiger partial charge < -0.3 is 15.0 Å². The number of nitriles is 1. The topological polar surface area (TPSA) is 118 Å². The van der Waals surface area contributed by atoms with Crippen molar-refractivity contribution >= 4 is 5.91 Å². The van der Waals surface area contributed by atoms with Crippen LogP contribution in [-0.2, 0) is 0 Å². The number of hydrogen-bond donors (Lipinski definition) is 1. The number of aromatic nitrogens is 2. The lowest BCUT2D eigenvalue weighted by Gasteiger charge is -2.21. The summed E-state index contributed by atoms with van der Waals surface area (Å²) in [4.78, 5) is 17.4. The Kier molecular flexibility index (Phi) is 5.26. The van der Waals surface area contributed by atoms with Crippen LogP contribution < -0.4 is 10.5 Å². The first kappa shape index (κ1) is 16.9. The van der Waals surface area contributed by atoms with Crippen LogP contribution in [0.5, 0.6) is 5.75 Å². The standard InChI is InChI=1S/C17H19N5O3/c18-11-12-4-6-13(7-5-12)24-10-2-9-22-8-1-3-14(22)17-20-16(15(19)23)21-25-17/h4-7,14H,1-3,8-10H2,(H2,19,23)/t14-/m1/s1. The minimum atomic E-state index is -0.685. The van der Waals surface area contributed by atoms with Gasteiger partial charge in [0.25, 0.3) is 11.7 Å². The van der Waals surface area contributed by atoms with E-state index in [-0.39, 0.29) is 11.9 Å². The Morgan fingerprint density at radius 2 is 2.24 bits per heavy atom. The molecule has 0 aliphatic carbocycles. The SMILES string of the molecule is N#Cc1ccc(OCCCN2CCC[C@@H]2c2nc(C(N)=O)no2)cc1. The quantitative estimate of drug-likeness (QED) is 0.760. The van der Waals surface area contributed by atoms with Crippen molar-refractivity contribution in [3.63, 3.8) is 0 Å². The van der Waals surface area contributed by atoms with Crippen LogP contribution in [0.25, 0.3) is 0 Å². The maximum atomic E-state index is 11.1. The summed E-state index contributed by atoms with van der Waals surface area (Å²) in [5.74, 6) is 0.431. The number of ether oxygens (including phenoxy) is 1. The van der Waals surface area contributed by atoms with E-state index in [0.717, 1.165) is 38.1 Å². The molecule has 8 heteroatoms. The Morgan fingerprint density at radius 3 is 2.92 bits per heavy atom. The molecule has 0 unspecified atom stereocenters. The van der Waals surface area contributed by atoms with E-state index < -0.39 is 5.91 Å². The molecule has 0 bridgehead atoms. The van der Waals surface area contributed by atoms with Crippen LogP contribution in [0.2, 0.25) is 0 Å². The van der Waals surface area contributed by atoms with Crippen LogP contribution >= 0.6 is 0 Å². The van der Waals surface area contributed by atoms with Crippen molar-refractivity contribution in [2.24, 2.45) is 5.73 Å². The summed E-state index contributed by atoms with van der Waals surface area (Å²) >= 11 is 0. The second kappa shape index (κ2) is 7.77. The van der Waals surface area contributed by atoms with E-state index in [2.05, 4.69) is 21.1 Å². The summed E-state index contributed by atoms with van der Waals surface area (Å²) in [6.45, 7) is 2.34. The van der Waals surface area contributed by atoms with Crippen LogP contribution in [-0.4, -0.2) is 40.6 Å². The number of hydrogen-bond acceptors (Lipinski definition) is 7. The van der Waals surface area contributed by atoms with Crippen LogP contribution in [0.3, 0.4) is 0 Å². The number of benzene rings is 1. The zero-order chi connectivity index (χ0) is 17.6. The fourth-order valence-corrected chi connectivity index (χ4v) is 2.93. The minimum absolute atomic E-state index is 0.0236. The highest BCUT2D eigenvalue weighted by molar-refractivity contribution is 5.88. The van der Waals surface area contributed by atoms with E-state index in [1.54, 1.807) is 24.3 Å². The smallest absolute Gasteiger partial charge is 0.290 e. The fraction of sp³-hybridized carbons (Fsp3) is 0.412. The molecule has 1 saturated heterocycles. The molecule has 0 spiro atoms. The van der Waals surface area contributed by atoms with Crippen molar-refractivity contribution in [3.05, 3.63) is 41.5 Å². The molecular weight excluding hydrogens is 322 g/mol. The van der Waals surface area contributed by atoms with Gasteiger partial charge in [-0.3, -0.25) is 9.69 Å². The van der Waals surface area contributed by atoms with Gasteiger partial charge in [0.15, 0.2) is 0 Å². The van der Waals surface area contributed by atoms with E-state index in [0.29, 0.717) is 18.1 Å². The van der Waals surface area contributed by atoms with E-state index in [9.17, 15) is 4.79 Å². The molecule has 130 valence electrons. The number of likely N-dealkylation sites (tertiary alicyclic amines) is 1. The molecule has 0 saturated carbocycles. The Labute approximate surface area is 145 Å². The van der Waals surface area contributed by atoms with E-state index in [4.69, 9.17) is 20.3 Å². The van der Waals surface area contributed by atoms with E-state index >= 15 is 0 Å². The molecule has 0 radical (unpaired) electrons.